The largest absolute Gasteiger partial charge is 0.491 e. The molecule has 0 heterocycles. The highest BCUT2D eigenvalue weighted by molar-refractivity contribution is 5.40. The molecule has 18 heavy (non-hydrogen) atoms. The first-order chi connectivity index (χ1) is 8.37. The normalized spacial score (nSPS) is 26.6. The van der Waals surface area contributed by atoms with Crippen LogP contribution in [0, 0.1) is 5.41 Å². The van der Waals surface area contributed by atoms with E-state index in [0.29, 0.717) is 0 Å². The highest BCUT2D eigenvalue weighted by Crippen LogP contribution is 2.54. The van der Waals surface area contributed by atoms with Gasteiger partial charge >= 0.3 is 0 Å². The fraction of sp³-hybridized carbons (Fsp3) is 0.625. The van der Waals surface area contributed by atoms with Gasteiger partial charge in [-0.25, -0.2) is 0 Å². The van der Waals surface area contributed by atoms with E-state index in [2.05, 4.69) is 13.8 Å². The van der Waals surface area contributed by atoms with Crippen molar-refractivity contribution in [2.24, 2.45) is 5.41 Å². The van der Waals surface area contributed by atoms with Crippen LogP contribution < -0.4 is 4.74 Å². The lowest BCUT2D eigenvalue weighted by atomic mass is 9.73. The molecule has 1 N–H and O–H groups in total. The Labute approximate surface area is 110 Å². The van der Waals surface area contributed by atoms with Crippen LogP contribution in [0.2, 0.25) is 0 Å². The van der Waals surface area contributed by atoms with Crippen LogP contribution in [0.25, 0.3) is 0 Å². The van der Waals surface area contributed by atoms with Gasteiger partial charge in [-0.05, 0) is 44.6 Å². The van der Waals surface area contributed by atoms with Gasteiger partial charge in [0.25, 0.3) is 0 Å². The molecule has 1 atom stereocenters. The molecule has 2 nitrogen and oxygen atoms in total. The third kappa shape index (κ3) is 2.14. The summed E-state index contributed by atoms with van der Waals surface area (Å²) in [4.78, 5) is 0. The summed E-state index contributed by atoms with van der Waals surface area (Å²) in [6, 6.07) is 7.91. The molecule has 100 valence electrons. The molecule has 2 rings (SSSR count). The molecular weight excluding hydrogens is 224 g/mol. The van der Waals surface area contributed by atoms with Crippen LogP contribution in [0.1, 0.15) is 52.5 Å². The van der Waals surface area contributed by atoms with Gasteiger partial charge in [-0.3, -0.25) is 0 Å². The third-order valence-corrected chi connectivity index (χ3v) is 4.16. The Morgan fingerprint density at radius 3 is 2.39 bits per heavy atom. The zero-order valence-corrected chi connectivity index (χ0v) is 11.9. The number of para-hydroxylation sites is 1. The summed E-state index contributed by atoms with van der Waals surface area (Å²) < 4.78 is 5.86. The Bertz CT molecular complexity index is 423. The minimum atomic E-state index is -0.765. The molecule has 1 aliphatic rings. The van der Waals surface area contributed by atoms with E-state index in [0.717, 1.165) is 30.6 Å². The summed E-state index contributed by atoms with van der Waals surface area (Å²) in [6.07, 6.45) is 3.07. The van der Waals surface area contributed by atoms with Gasteiger partial charge in [-0.2, -0.15) is 0 Å². The summed E-state index contributed by atoms with van der Waals surface area (Å²) in [7, 11) is 0. The Kier molecular flexibility index (Phi) is 3.41. The molecule has 0 amide bonds. The van der Waals surface area contributed by atoms with E-state index >= 15 is 0 Å². The lowest BCUT2D eigenvalue weighted by Gasteiger charge is -2.38. The van der Waals surface area contributed by atoms with Crippen molar-refractivity contribution in [1.82, 2.24) is 0 Å². The van der Waals surface area contributed by atoms with Gasteiger partial charge in [-0.15, -0.1) is 0 Å². The fourth-order valence-electron chi connectivity index (χ4n) is 3.00. The molecule has 0 aliphatic heterocycles. The molecule has 1 saturated carbocycles. The van der Waals surface area contributed by atoms with Crippen LogP contribution in [-0.4, -0.2) is 11.2 Å². The van der Waals surface area contributed by atoms with Crippen molar-refractivity contribution in [2.45, 2.75) is 58.7 Å². The second-order valence-corrected chi connectivity index (χ2v) is 6.26. The van der Waals surface area contributed by atoms with Gasteiger partial charge in [0.05, 0.1) is 11.7 Å². The molecule has 0 spiro atoms. The van der Waals surface area contributed by atoms with Crippen LogP contribution in [0.5, 0.6) is 5.75 Å². The zero-order chi connectivity index (χ0) is 13.4. The Balaban J connectivity index is 2.44. The van der Waals surface area contributed by atoms with E-state index in [4.69, 9.17) is 4.74 Å². The second kappa shape index (κ2) is 4.58. The lowest BCUT2D eigenvalue weighted by Crippen LogP contribution is -2.37. The van der Waals surface area contributed by atoms with Gasteiger partial charge in [-0.1, -0.05) is 32.0 Å². The van der Waals surface area contributed by atoms with Crippen LogP contribution in [-0.2, 0) is 5.60 Å². The van der Waals surface area contributed by atoms with Crippen LogP contribution in [0.3, 0.4) is 0 Å². The minimum absolute atomic E-state index is 0.0938. The molecule has 2 heteroatoms. The predicted octanol–water partition coefficient (Wildman–Crippen LogP) is 3.87. The average molecular weight is 248 g/mol. The predicted molar refractivity (Wildman–Crippen MR) is 73.7 cm³/mol. The molecule has 0 aromatic heterocycles. The Morgan fingerprint density at radius 1 is 1.17 bits per heavy atom. The van der Waals surface area contributed by atoms with Gasteiger partial charge in [0.15, 0.2) is 0 Å². The van der Waals surface area contributed by atoms with E-state index in [1.54, 1.807) is 0 Å². The lowest BCUT2D eigenvalue weighted by molar-refractivity contribution is -0.0508. The molecule has 0 bridgehead atoms. The van der Waals surface area contributed by atoms with Crippen molar-refractivity contribution in [1.29, 1.82) is 0 Å². The highest BCUT2D eigenvalue weighted by atomic mass is 16.5. The van der Waals surface area contributed by atoms with E-state index in [-0.39, 0.29) is 11.5 Å². The molecule has 1 aliphatic carbocycles. The third-order valence-electron chi connectivity index (χ3n) is 4.16. The summed E-state index contributed by atoms with van der Waals surface area (Å²) in [5, 5.41) is 11.1. The van der Waals surface area contributed by atoms with E-state index in [9.17, 15) is 5.11 Å². The van der Waals surface area contributed by atoms with Crippen molar-refractivity contribution >= 4 is 0 Å². The topological polar surface area (TPSA) is 29.5 Å². The Morgan fingerprint density at radius 2 is 1.83 bits per heavy atom. The van der Waals surface area contributed by atoms with Crippen molar-refractivity contribution in [3.05, 3.63) is 29.8 Å². The van der Waals surface area contributed by atoms with E-state index in [1.807, 2.05) is 38.1 Å². The first kappa shape index (κ1) is 13.4. The summed E-state index contributed by atoms with van der Waals surface area (Å²) in [5.74, 6) is 0.824. The van der Waals surface area contributed by atoms with Crippen molar-refractivity contribution in [2.75, 3.05) is 0 Å². The Hall–Kier alpha value is -1.02. The maximum atomic E-state index is 11.1. The molecule has 0 radical (unpaired) electrons. The number of hydrogen-bond acceptors (Lipinski definition) is 2. The number of hydrogen-bond donors (Lipinski definition) is 1. The quantitative estimate of drug-likeness (QED) is 0.879. The number of ether oxygens (including phenoxy) is 1. The highest BCUT2D eigenvalue weighted by Gasteiger charge is 2.49. The standard InChI is InChI=1S/C16H24O2/c1-12(2)18-14-9-6-5-8-13(14)16(17)11-7-10-15(16,3)4/h5-6,8-9,12,17H,7,10-11H2,1-4H3. The second-order valence-electron chi connectivity index (χ2n) is 6.26. The van der Waals surface area contributed by atoms with E-state index < -0.39 is 5.60 Å². The van der Waals surface area contributed by atoms with Crippen molar-refractivity contribution in [3.8, 4) is 5.75 Å². The smallest absolute Gasteiger partial charge is 0.125 e. The molecule has 1 fully saturated rings. The molecule has 0 saturated heterocycles. The van der Waals surface area contributed by atoms with Crippen LogP contribution >= 0.6 is 0 Å². The first-order valence-electron chi connectivity index (χ1n) is 6.85. The van der Waals surface area contributed by atoms with Gasteiger partial charge in [0.1, 0.15) is 5.75 Å². The summed E-state index contributed by atoms with van der Waals surface area (Å²) >= 11 is 0. The zero-order valence-electron chi connectivity index (χ0n) is 11.9. The maximum Gasteiger partial charge on any atom is 0.125 e. The van der Waals surface area contributed by atoms with Crippen molar-refractivity contribution in [3.63, 3.8) is 0 Å². The summed E-state index contributed by atoms with van der Waals surface area (Å²) in [5.41, 5.74) is 0.0864. The van der Waals surface area contributed by atoms with Crippen LogP contribution in [0.4, 0.5) is 0 Å². The number of rotatable bonds is 3. The number of benzene rings is 1. The average Bonchev–Trinajstić information content (AvgIpc) is 2.54. The van der Waals surface area contributed by atoms with Gasteiger partial charge in [0.2, 0.25) is 0 Å². The molecular formula is C16H24O2. The maximum absolute atomic E-state index is 11.1. The minimum Gasteiger partial charge on any atom is -0.491 e. The number of aliphatic hydroxyl groups is 1. The SMILES string of the molecule is CC(C)Oc1ccccc1C1(O)CCCC1(C)C. The molecule has 1 aromatic rings. The van der Waals surface area contributed by atoms with Gasteiger partial charge in [0, 0.05) is 5.56 Å². The van der Waals surface area contributed by atoms with Crippen molar-refractivity contribution < 1.29 is 9.84 Å². The monoisotopic (exact) mass is 248 g/mol. The van der Waals surface area contributed by atoms with Gasteiger partial charge < -0.3 is 9.84 Å². The summed E-state index contributed by atoms with van der Waals surface area (Å²) in [6.45, 7) is 8.32. The first-order valence-corrected chi connectivity index (χ1v) is 6.85. The molecule has 1 aromatic carbocycles. The van der Waals surface area contributed by atoms with Crippen LogP contribution in [0.15, 0.2) is 24.3 Å². The van der Waals surface area contributed by atoms with E-state index in [1.165, 1.54) is 0 Å². The fourth-order valence-corrected chi connectivity index (χ4v) is 3.00. The molecule has 1 unspecified atom stereocenters.